The monoisotopic (exact) mass is 154 g/mol. The first-order valence-corrected chi connectivity index (χ1v) is 3.94. The maximum Gasteiger partial charge on any atom is 0.307 e. The Hall–Kier alpha value is -0.860. The maximum atomic E-state index is 11.1. The number of aliphatic carboxylic acids is 1. The maximum absolute atomic E-state index is 11.1. The molecule has 2 rings (SSSR count). The van der Waals surface area contributed by atoms with Gasteiger partial charge in [-0.3, -0.25) is 9.59 Å². The first kappa shape index (κ1) is 6.83. The van der Waals surface area contributed by atoms with Crippen LogP contribution in [0.5, 0.6) is 0 Å². The predicted molar refractivity (Wildman–Crippen MR) is 37.0 cm³/mol. The summed E-state index contributed by atoms with van der Waals surface area (Å²) in [5.74, 6) is -0.730. The molecule has 3 nitrogen and oxygen atoms in total. The van der Waals surface area contributed by atoms with E-state index in [0.717, 1.165) is 12.8 Å². The first-order chi connectivity index (χ1) is 5.18. The quantitative estimate of drug-likeness (QED) is 0.604. The van der Waals surface area contributed by atoms with Crippen LogP contribution in [-0.2, 0) is 9.59 Å². The zero-order valence-electron chi connectivity index (χ0n) is 6.12. The van der Waals surface area contributed by atoms with Crippen LogP contribution in [0.1, 0.15) is 19.3 Å². The van der Waals surface area contributed by atoms with Gasteiger partial charge in [-0.2, -0.15) is 0 Å². The Bertz CT molecular complexity index is 221. The minimum Gasteiger partial charge on any atom is -0.481 e. The molecule has 60 valence electrons. The smallest absolute Gasteiger partial charge is 0.307 e. The Labute approximate surface area is 64.4 Å². The van der Waals surface area contributed by atoms with Crippen molar-refractivity contribution in [2.75, 3.05) is 0 Å². The Morgan fingerprint density at radius 2 is 2.18 bits per heavy atom. The molecule has 0 aromatic carbocycles. The number of carbonyl (C=O) groups excluding carboxylic acids is 1. The highest BCUT2D eigenvalue weighted by atomic mass is 16.4. The van der Waals surface area contributed by atoms with Crippen LogP contribution in [0.3, 0.4) is 0 Å². The van der Waals surface area contributed by atoms with Crippen LogP contribution in [0.4, 0.5) is 0 Å². The fourth-order valence-corrected chi connectivity index (χ4v) is 2.37. The second kappa shape index (κ2) is 2.06. The molecule has 3 heteroatoms. The Kier molecular flexibility index (Phi) is 1.28. The average molecular weight is 154 g/mol. The molecule has 3 atom stereocenters. The summed E-state index contributed by atoms with van der Waals surface area (Å²) < 4.78 is 0. The average Bonchev–Trinajstić information content (AvgIpc) is 2.43. The van der Waals surface area contributed by atoms with Gasteiger partial charge in [-0.1, -0.05) is 0 Å². The fraction of sp³-hybridized carbons (Fsp3) is 0.750. The number of carboxylic acid groups (broad SMARTS) is 1. The highest BCUT2D eigenvalue weighted by Gasteiger charge is 2.48. The van der Waals surface area contributed by atoms with Gasteiger partial charge in [-0.25, -0.2) is 0 Å². The van der Waals surface area contributed by atoms with Crippen molar-refractivity contribution >= 4 is 11.8 Å². The zero-order chi connectivity index (χ0) is 8.01. The topological polar surface area (TPSA) is 54.4 Å². The molecule has 2 aliphatic carbocycles. The number of Topliss-reactive ketones (excluding diaryl/α,β-unsaturated/α-hetero) is 1. The van der Waals surface area contributed by atoms with Crippen molar-refractivity contribution in [1.29, 1.82) is 0 Å². The van der Waals surface area contributed by atoms with Crippen molar-refractivity contribution in [3.8, 4) is 0 Å². The number of carbonyl (C=O) groups is 2. The molecule has 0 amide bonds. The molecular weight excluding hydrogens is 144 g/mol. The molecule has 2 saturated carbocycles. The number of hydrogen-bond donors (Lipinski definition) is 1. The molecule has 0 unspecified atom stereocenters. The summed E-state index contributed by atoms with van der Waals surface area (Å²) in [6.45, 7) is 0. The summed E-state index contributed by atoms with van der Waals surface area (Å²) in [4.78, 5) is 21.7. The summed E-state index contributed by atoms with van der Waals surface area (Å²) in [6.07, 6.45) is 2.19. The molecule has 11 heavy (non-hydrogen) atoms. The van der Waals surface area contributed by atoms with Crippen LogP contribution in [0.2, 0.25) is 0 Å². The van der Waals surface area contributed by atoms with Gasteiger partial charge in [-0.15, -0.1) is 0 Å². The summed E-state index contributed by atoms with van der Waals surface area (Å²) >= 11 is 0. The summed E-state index contributed by atoms with van der Waals surface area (Å²) in [5.41, 5.74) is 0. The molecule has 0 aromatic rings. The van der Waals surface area contributed by atoms with Crippen molar-refractivity contribution < 1.29 is 14.7 Å². The van der Waals surface area contributed by atoms with Crippen molar-refractivity contribution in [2.24, 2.45) is 17.8 Å². The fourth-order valence-electron chi connectivity index (χ4n) is 2.37. The van der Waals surface area contributed by atoms with E-state index in [4.69, 9.17) is 5.11 Å². The van der Waals surface area contributed by atoms with Gasteiger partial charge in [0.1, 0.15) is 5.78 Å². The third-order valence-corrected chi connectivity index (χ3v) is 2.88. The van der Waals surface area contributed by atoms with Crippen LogP contribution in [-0.4, -0.2) is 16.9 Å². The minimum absolute atomic E-state index is 0.141. The lowest BCUT2D eigenvalue weighted by Crippen LogP contribution is -2.26. The number of hydrogen-bond acceptors (Lipinski definition) is 2. The lowest BCUT2D eigenvalue weighted by Gasteiger charge is -2.15. The van der Waals surface area contributed by atoms with Crippen LogP contribution in [0.15, 0.2) is 0 Å². The van der Waals surface area contributed by atoms with Crippen molar-refractivity contribution in [1.82, 2.24) is 0 Å². The SMILES string of the molecule is O=C(O)[C@H]1C[C@@H]2CC(=O)[C@H]1C2. The van der Waals surface area contributed by atoms with E-state index in [1.165, 1.54) is 0 Å². The highest BCUT2D eigenvalue weighted by Crippen LogP contribution is 2.46. The lowest BCUT2D eigenvalue weighted by atomic mass is 9.88. The van der Waals surface area contributed by atoms with Gasteiger partial charge >= 0.3 is 5.97 Å². The van der Waals surface area contributed by atoms with Gasteiger partial charge in [0.2, 0.25) is 0 Å². The molecule has 2 aliphatic rings. The van der Waals surface area contributed by atoms with E-state index in [1.54, 1.807) is 0 Å². The second-order valence-electron chi connectivity index (χ2n) is 3.56. The van der Waals surface area contributed by atoms with Gasteiger partial charge < -0.3 is 5.11 Å². The summed E-state index contributed by atoms with van der Waals surface area (Å²) in [5, 5.41) is 8.70. The van der Waals surface area contributed by atoms with E-state index in [-0.39, 0.29) is 17.6 Å². The van der Waals surface area contributed by atoms with Crippen molar-refractivity contribution in [2.45, 2.75) is 19.3 Å². The van der Waals surface area contributed by atoms with Gasteiger partial charge in [0.25, 0.3) is 0 Å². The highest BCUT2D eigenvalue weighted by molar-refractivity contribution is 5.89. The molecule has 2 fully saturated rings. The third kappa shape index (κ3) is 0.870. The largest absolute Gasteiger partial charge is 0.481 e. The number of ketones is 1. The molecule has 0 radical (unpaired) electrons. The zero-order valence-corrected chi connectivity index (χ0v) is 6.12. The molecule has 1 N–H and O–H groups in total. The van der Waals surface area contributed by atoms with Gasteiger partial charge in [0, 0.05) is 12.3 Å². The molecule has 0 aromatic heterocycles. The van der Waals surface area contributed by atoms with Gasteiger partial charge in [0.15, 0.2) is 0 Å². The first-order valence-electron chi connectivity index (χ1n) is 3.94. The van der Waals surface area contributed by atoms with E-state index in [9.17, 15) is 9.59 Å². The molecule has 2 bridgehead atoms. The third-order valence-electron chi connectivity index (χ3n) is 2.88. The van der Waals surface area contributed by atoms with E-state index in [2.05, 4.69) is 0 Å². The van der Waals surface area contributed by atoms with Crippen molar-refractivity contribution in [3.63, 3.8) is 0 Å². The van der Waals surface area contributed by atoms with Crippen LogP contribution in [0, 0.1) is 17.8 Å². The predicted octanol–water partition coefficient (Wildman–Crippen LogP) is 0.686. The Balaban J connectivity index is 2.18. The number of rotatable bonds is 1. The Morgan fingerprint density at radius 3 is 2.55 bits per heavy atom. The van der Waals surface area contributed by atoms with Gasteiger partial charge in [-0.05, 0) is 18.8 Å². The van der Waals surface area contributed by atoms with E-state index in [1.807, 2.05) is 0 Å². The summed E-state index contributed by atoms with van der Waals surface area (Å²) in [7, 11) is 0. The van der Waals surface area contributed by atoms with Crippen LogP contribution >= 0.6 is 0 Å². The number of fused-ring (bicyclic) bond motifs is 2. The van der Waals surface area contributed by atoms with E-state index >= 15 is 0 Å². The lowest BCUT2D eigenvalue weighted by molar-refractivity contribution is -0.146. The standard InChI is InChI=1S/C8H10O3/c9-7-3-4-1-5(7)6(2-4)8(10)11/h4-6H,1-3H2,(H,10,11)/t4-,5+,6+/m1/s1. The molecule has 0 heterocycles. The Morgan fingerprint density at radius 1 is 1.45 bits per heavy atom. The second-order valence-corrected chi connectivity index (χ2v) is 3.56. The number of carboxylic acids is 1. The molecule has 0 saturated heterocycles. The summed E-state index contributed by atoms with van der Waals surface area (Å²) in [6, 6.07) is 0. The molecular formula is C8H10O3. The van der Waals surface area contributed by atoms with E-state index in [0.29, 0.717) is 12.3 Å². The minimum atomic E-state index is -0.787. The molecule has 0 aliphatic heterocycles. The van der Waals surface area contributed by atoms with Gasteiger partial charge in [0.05, 0.1) is 5.92 Å². The normalized spacial score (nSPS) is 41.5. The van der Waals surface area contributed by atoms with E-state index < -0.39 is 5.97 Å². The van der Waals surface area contributed by atoms with Crippen LogP contribution in [0.25, 0.3) is 0 Å². The van der Waals surface area contributed by atoms with Crippen molar-refractivity contribution in [3.05, 3.63) is 0 Å². The molecule has 0 spiro atoms. The van der Waals surface area contributed by atoms with Crippen LogP contribution < -0.4 is 0 Å².